The molecule has 100 valence electrons. The van der Waals surface area contributed by atoms with Gasteiger partial charge in [-0.15, -0.1) is 0 Å². The number of anilines is 1. The molecule has 1 amide bonds. The van der Waals surface area contributed by atoms with Crippen molar-refractivity contribution in [3.8, 4) is 0 Å². The molecule has 1 heterocycles. The van der Waals surface area contributed by atoms with E-state index in [0.717, 1.165) is 17.8 Å². The standard InChI is InChI=1S/C13H17N5O/c1-3-14-11-5-4-9(2)6-10(11)13(19)15-7-12-16-8-17-18-12/h4-6,8,14H,3,7H2,1-2H3,(H,15,19)(H,16,17,18). The number of aryl methyl sites for hydroxylation is 1. The number of H-pyrrole nitrogens is 1. The van der Waals surface area contributed by atoms with Gasteiger partial charge in [-0.25, -0.2) is 4.98 Å². The third-order valence-electron chi connectivity index (χ3n) is 2.67. The number of nitrogens with one attached hydrogen (secondary N) is 3. The summed E-state index contributed by atoms with van der Waals surface area (Å²) in [4.78, 5) is 16.1. The Labute approximate surface area is 111 Å². The van der Waals surface area contributed by atoms with Gasteiger partial charge in [0.1, 0.15) is 12.2 Å². The van der Waals surface area contributed by atoms with Crippen molar-refractivity contribution in [1.82, 2.24) is 20.5 Å². The molecule has 3 N–H and O–H groups in total. The number of carbonyl (C=O) groups is 1. The first-order chi connectivity index (χ1) is 9.20. The Kier molecular flexibility index (Phi) is 4.12. The molecular formula is C13H17N5O. The Balaban J connectivity index is 2.11. The summed E-state index contributed by atoms with van der Waals surface area (Å²) in [6, 6.07) is 5.77. The Morgan fingerprint density at radius 1 is 1.42 bits per heavy atom. The summed E-state index contributed by atoms with van der Waals surface area (Å²) in [6.45, 7) is 5.06. The van der Waals surface area contributed by atoms with Crippen molar-refractivity contribution in [3.05, 3.63) is 41.5 Å². The van der Waals surface area contributed by atoms with Crippen LogP contribution in [-0.4, -0.2) is 27.6 Å². The van der Waals surface area contributed by atoms with Gasteiger partial charge in [0, 0.05) is 12.2 Å². The van der Waals surface area contributed by atoms with Crippen LogP contribution in [0.5, 0.6) is 0 Å². The molecule has 0 aliphatic heterocycles. The highest BCUT2D eigenvalue weighted by Gasteiger charge is 2.11. The molecule has 0 saturated carbocycles. The van der Waals surface area contributed by atoms with E-state index in [1.165, 1.54) is 6.33 Å². The van der Waals surface area contributed by atoms with E-state index in [0.29, 0.717) is 17.9 Å². The van der Waals surface area contributed by atoms with Crippen LogP contribution in [0.2, 0.25) is 0 Å². The number of aromatic nitrogens is 3. The van der Waals surface area contributed by atoms with Crippen LogP contribution in [0.25, 0.3) is 0 Å². The first-order valence-corrected chi connectivity index (χ1v) is 6.17. The van der Waals surface area contributed by atoms with Crippen LogP contribution in [0, 0.1) is 6.92 Å². The van der Waals surface area contributed by atoms with E-state index < -0.39 is 0 Å². The highest BCUT2D eigenvalue weighted by molar-refractivity contribution is 5.99. The van der Waals surface area contributed by atoms with Crippen molar-refractivity contribution in [2.45, 2.75) is 20.4 Å². The fraction of sp³-hybridized carbons (Fsp3) is 0.308. The molecule has 0 fully saturated rings. The van der Waals surface area contributed by atoms with E-state index in [4.69, 9.17) is 0 Å². The number of nitrogens with zero attached hydrogens (tertiary/aromatic N) is 2. The molecule has 19 heavy (non-hydrogen) atoms. The van der Waals surface area contributed by atoms with Crippen molar-refractivity contribution < 1.29 is 4.79 Å². The van der Waals surface area contributed by atoms with Gasteiger partial charge in [0.05, 0.1) is 12.1 Å². The van der Waals surface area contributed by atoms with E-state index in [9.17, 15) is 4.79 Å². The first-order valence-electron chi connectivity index (χ1n) is 6.17. The third-order valence-corrected chi connectivity index (χ3v) is 2.67. The van der Waals surface area contributed by atoms with Crippen LogP contribution < -0.4 is 10.6 Å². The second-order valence-corrected chi connectivity index (χ2v) is 4.19. The topological polar surface area (TPSA) is 82.7 Å². The molecule has 2 aromatic rings. The third kappa shape index (κ3) is 3.31. The van der Waals surface area contributed by atoms with Gasteiger partial charge in [-0.2, -0.15) is 5.10 Å². The highest BCUT2D eigenvalue weighted by Crippen LogP contribution is 2.17. The maximum absolute atomic E-state index is 12.2. The first kappa shape index (κ1) is 13.1. The van der Waals surface area contributed by atoms with Crippen molar-refractivity contribution in [2.24, 2.45) is 0 Å². The average Bonchev–Trinajstić information content (AvgIpc) is 2.91. The molecule has 0 bridgehead atoms. The van der Waals surface area contributed by atoms with E-state index >= 15 is 0 Å². The zero-order valence-corrected chi connectivity index (χ0v) is 11.0. The molecule has 0 spiro atoms. The summed E-state index contributed by atoms with van der Waals surface area (Å²) in [5.74, 6) is 0.502. The zero-order valence-electron chi connectivity index (χ0n) is 11.0. The number of carbonyl (C=O) groups excluding carboxylic acids is 1. The van der Waals surface area contributed by atoms with E-state index in [1.807, 2.05) is 32.0 Å². The minimum atomic E-state index is -0.129. The Morgan fingerprint density at radius 3 is 2.95 bits per heavy atom. The van der Waals surface area contributed by atoms with Crippen molar-refractivity contribution in [3.63, 3.8) is 0 Å². The molecule has 0 aliphatic carbocycles. The Hall–Kier alpha value is -2.37. The number of rotatable bonds is 5. The van der Waals surface area contributed by atoms with Crippen molar-refractivity contribution in [1.29, 1.82) is 0 Å². The number of hydrogen-bond donors (Lipinski definition) is 3. The maximum Gasteiger partial charge on any atom is 0.253 e. The van der Waals surface area contributed by atoms with Crippen LogP contribution in [0.15, 0.2) is 24.5 Å². The summed E-state index contributed by atoms with van der Waals surface area (Å²) in [5.41, 5.74) is 2.52. The van der Waals surface area contributed by atoms with Gasteiger partial charge < -0.3 is 10.6 Å². The Morgan fingerprint density at radius 2 is 2.26 bits per heavy atom. The molecule has 1 aromatic carbocycles. The molecule has 0 saturated heterocycles. The lowest BCUT2D eigenvalue weighted by Crippen LogP contribution is -2.24. The molecule has 0 unspecified atom stereocenters. The van der Waals surface area contributed by atoms with Gasteiger partial charge in [0.25, 0.3) is 5.91 Å². The lowest BCUT2D eigenvalue weighted by molar-refractivity contribution is 0.0950. The quantitative estimate of drug-likeness (QED) is 0.759. The second-order valence-electron chi connectivity index (χ2n) is 4.19. The number of benzene rings is 1. The molecule has 6 nitrogen and oxygen atoms in total. The summed E-state index contributed by atoms with van der Waals surface area (Å²) < 4.78 is 0. The van der Waals surface area contributed by atoms with E-state index in [-0.39, 0.29) is 5.91 Å². The average molecular weight is 259 g/mol. The predicted molar refractivity (Wildman–Crippen MR) is 72.9 cm³/mol. The van der Waals surface area contributed by atoms with Crippen LogP contribution in [-0.2, 0) is 6.54 Å². The number of amides is 1. The fourth-order valence-corrected chi connectivity index (χ4v) is 1.77. The van der Waals surface area contributed by atoms with Gasteiger partial charge >= 0.3 is 0 Å². The summed E-state index contributed by atoms with van der Waals surface area (Å²) in [7, 11) is 0. The Bertz CT molecular complexity index is 550. The molecule has 0 aliphatic rings. The summed E-state index contributed by atoms with van der Waals surface area (Å²) in [6.07, 6.45) is 1.41. The van der Waals surface area contributed by atoms with Gasteiger partial charge in [-0.3, -0.25) is 9.89 Å². The zero-order chi connectivity index (χ0) is 13.7. The predicted octanol–water partition coefficient (Wildman–Crippen LogP) is 1.47. The monoisotopic (exact) mass is 259 g/mol. The number of aromatic amines is 1. The van der Waals surface area contributed by atoms with Gasteiger partial charge in [0.15, 0.2) is 0 Å². The second kappa shape index (κ2) is 5.99. The largest absolute Gasteiger partial charge is 0.385 e. The van der Waals surface area contributed by atoms with E-state index in [1.54, 1.807) is 0 Å². The minimum Gasteiger partial charge on any atom is -0.385 e. The maximum atomic E-state index is 12.2. The van der Waals surface area contributed by atoms with Crippen molar-refractivity contribution >= 4 is 11.6 Å². The summed E-state index contributed by atoms with van der Waals surface area (Å²) >= 11 is 0. The van der Waals surface area contributed by atoms with Crippen LogP contribution in [0.4, 0.5) is 5.69 Å². The number of hydrogen-bond acceptors (Lipinski definition) is 4. The normalized spacial score (nSPS) is 10.2. The van der Waals surface area contributed by atoms with Crippen molar-refractivity contribution in [2.75, 3.05) is 11.9 Å². The fourth-order valence-electron chi connectivity index (χ4n) is 1.77. The van der Waals surface area contributed by atoms with Crippen LogP contribution >= 0.6 is 0 Å². The molecule has 2 rings (SSSR count). The smallest absolute Gasteiger partial charge is 0.253 e. The van der Waals surface area contributed by atoms with Gasteiger partial charge in [0.2, 0.25) is 0 Å². The van der Waals surface area contributed by atoms with Crippen LogP contribution in [0.3, 0.4) is 0 Å². The lowest BCUT2D eigenvalue weighted by atomic mass is 10.1. The highest BCUT2D eigenvalue weighted by atomic mass is 16.1. The van der Waals surface area contributed by atoms with Gasteiger partial charge in [-0.05, 0) is 26.0 Å². The summed E-state index contributed by atoms with van der Waals surface area (Å²) in [5, 5.41) is 12.4. The van der Waals surface area contributed by atoms with E-state index in [2.05, 4.69) is 25.8 Å². The lowest BCUT2D eigenvalue weighted by Gasteiger charge is -2.11. The molecule has 0 radical (unpaired) electrons. The molecule has 0 atom stereocenters. The van der Waals surface area contributed by atoms with Crippen LogP contribution in [0.1, 0.15) is 28.7 Å². The molecular weight excluding hydrogens is 242 g/mol. The molecule has 6 heteroatoms. The SMILES string of the molecule is CCNc1ccc(C)cc1C(=O)NCc1ncn[nH]1. The molecule has 1 aromatic heterocycles. The van der Waals surface area contributed by atoms with Gasteiger partial charge in [-0.1, -0.05) is 11.6 Å². The minimum absolute atomic E-state index is 0.129.